The lowest BCUT2D eigenvalue weighted by Crippen LogP contribution is -2.28. The Morgan fingerprint density at radius 3 is 2.78 bits per heavy atom. The van der Waals surface area contributed by atoms with E-state index in [2.05, 4.69) is 46.2 Å². The van der Waals surface area contributed by atoms with Gasteiger partial charge < -0.3 is 9.42 Å². The molecule has 1 aromatic heterocycles. The quantitative estimate of drug-likeness (QED) is 0.718. The lowest BCUT2D eigenvalue weighted by molar-refractivity contribution is 0.374. The first-order valence-electron chi connectivity index (χ1n) is 7.64. The Kier molecular flexibility index (Phi) is 3.54. The van der Waals surface area contributed by atoms with Crippen molar-refractivity contribution < 1.29 is 4.52 Å². The lowest BCUT2D eigenvalue weighted by Gasteiger charge is -2.22. The molecule has 4 rings (SSSR count). The molecule has 1 aliphatic rings. The minimum Gasteiger partial charge on any atom is -0.359 e. The molecule has 1 aliphatic heterocycles. The van der Waals surface area contributed by atoms with E-state index >= 15 is 0 Å². The molecule has 0 fully saturated rings. The number of rotatable bonds is 3. The van der Waals surface area contributed by atoms with Crippen LogP contribution in [0.25, 0.3) is 11.4 Å². The summed E-state index contributed by atoms with van der Waals surface area (Å²) < 4.78 is 5.44. The Bertz CT molecular complexity index is 828. The van der Waals surface area contributed by atoms with Gasteiger partial charge in [-0.2, -0.15) is 4.98 Å². The van der Waals surface area contributed by atoms with E-state index < -0.39 is 0 Å². The van der Waals surface area contributed by atoms with E-state index in [9.17, 15) is 0 Å². The molecule has 5 heteroatoms. The molecule has 4 nitrogen and oxygen atoms in total. The average Bonchev–Trinajstić information content (AvgIpc) is 3.14. The van der Waals surface area contributed by atoms with E-state index in [-0.39, 0.29) is 0 Å². The van der Waals surface area contributed by atoms with E-state index in [4.69, 9.17) is 16.1 Å². The van der Waals surface area contributed by atoms with Gasteiger partial charge in [-0.3, -0.25) is 0 Å². The van der Waals surface area contributed by atoms with Crippen LogP contribution >= 0.6 is 11.6 Å². The molecule has 0 aliphatic carbocycles. The first-order chi connectivity index (χ1) is 11.2. The van der Waals surface area contributed by atoms with E-state index in [1.807, 2.05) is 24.3 Å². The second kappa shape index (κ2) is 5.70. The van der Waals surface area contributed by atoms with Crippen molar-refractivity contribution in [2.24, 2.45) is 0 Å². The molecular weight excluding hydrogens is 310 g/mol. The van der Waals surface area contributed by atoms with Gasteiger partial charge in [-0.25, -0.2) is 0 Å². The first-order valence-corrected chi connectivity index (χ1v) is 8.01. The lowest BCUT2D eigenvalue weighted by atomic mass is 10.1. The normalized spacial score (nSPS) is 16.6. The molecular formula is C18H16ClN3O. The van der Waals surface area contributed by atoms with Crippen LogP contribution in [-0.4, -0.2) is 16.2 Å². The second-order valence-electron chi connectivity index (χ2n) is 5.83. The number of halogens is 1. The topological polar surface area (TPSA) is 42.2 Å². The largest absolute Gasteiger partial charge is 0.359 e. The van der Waals surface area contributed by atoms with Crippen LogP contribution in [0.3, 0.4) is 0 Å². The monoisotopic (exact) mass is 325 g/mol. The smallest absolute Gasteiger partial charge is 0.246 e. The van der Waals surface area contributed by atoms with Gasteiger partial charge in [0.05, 0.1) is 6.54 Å². The van der Waals surface area contributed by atoms with Gasteiger partial charge in [0.15, 0.2) is 0 Å². The fourth-order valence-corrected chi connectivity index (χ4v) is 3.18. The summed E-state index contributed by atoms with van der Waals surface area (Å²) in [6.07, 6.45) is 1.05. The van der Waals surface area contributed by atoms with Crippen molar-refractivity contribution in [1.29, 1.82) is 0 Å². The SMILES string of the molecule is C[C@@H]1Cc2ccccc2N1Cc1nc(-c2ccc(Cl)cc2)no1. The number of benzene rings is 2. The van der Waals surface area contributed by atoms with E-state index in [0.29, 0.717) is 29.3 Å². The van der Waals surface area contributed by atoms with E-state index in [1.165, 1.54) is 11.3 Å². The number of fused-ring (bicyclic) bond motifs is 1. The van der Waals surface area contributed by atoms with Crippen molar-refractivity contribution in [3.63, 3.8) is 0 Å². The van der Waals surface area contributed by atoms with Crippen LogP contribution in [0.15, 0.2) is 53.1 Å². The maximum atomic E-state index is 5.91. The Balaban J connectivity index is 1.57. The molecule has 0 saturated heterocycles. The van der Waals surface area contributed by atoms with E-state index in [0.717, 1.165) is 12.0 Å². The van der Waals surface area contributed by atoms with Crippen molar-refractivity contribution in [1.82, 2.24) is 10.1 Å². The Hall–Kier alpha value is -2.33. The van der Waals surface area contributed by atoms with Gasteiger partial charge in [0.1, 0.15) is 0 Å². The van der Waals surface area contributed by atoms with Gasteiger partial charge in [0, 0.05) is 22.3 Å². The zero-order chi connectivity index (χ0) is 15.8. The highest BCUT2D eigenvalue weighted by Crippen LogP contribution is 2.33. The number of para-hydroxylation sites is 1. The van der Waals surface area contributed by atoms with Crippen LogP contribution in [-0.2, 0) is 13.0 Å². The number of hydrogen-bond donors (Lipinski definition) is 0. The minimum absolute atomic E-state index is 0.429. The molecule has 116 valence electrons. The van der Waals surface area contributed by atoms with Crippen molar-refractivity contribution in [2.75, 3.05) is 4.90 Å². The third kappa shape index (κ3) is 2.70. The van der Waals surface area contributed by atoms with Crippen molar-refractivity contribution in [2.45, 2.75) is 25.9 Å². The predicted octanol–water partition coefficient (Wildman–Crippen LogP) is 4.34. The summed E-state index contributed by atoms with van der Waals surface area (Å²) in [5.41, 5.74) is 3.53. The molecule has 0 amide bonds. The van der Waals surface area contributed by atoms with Crippen molar-refractivity contribution >= 4 is 17.3 Å². The molecule has 0 bridgehead atoms. The van der Waals surface area contributed by atoms with Gasteiger partial charge in [-0.05, 0) is 49.2 Å². The molecule has 0 N–H and O–H groups in total. The van der Waals surface area contributed by atoms with Gasteiger partial charge in [0.2, 0.25) is 11.7 Å². The zero-order valence-corrected chi connectivity index (χ0v) is 13.5. The Morgan fingerprint density at radius 1 is 1.17 bits per heavy atom. The van der Waals surface area contributed by atoms with Crippen LogP contribution in [0.1, 0.15) is 18.4 Å². The van der Waals surface area contributed by atoms with Crippen LogP contribution in [0.5, 0.6) is 0 Å². The Labute approximate surface area is 139 Å². The highest BCUT2D eigenvalue weighted by molar-refractivity contribution is 6.30. The Morgan fingerprint density at radius 2 is 1.96 bits per heavy atom. The van der Waals surface area contributed by atoms with E-state index in [1.54, 1.807) is 0 Å². The average molecular weight is 326 g/mol. The minimum atomic E-state index is 0.429. The summed E-state index contributed by atoms with van der Waals surface area (Å²) in [5, 5.41) is 4.78. The van der Waals surface area contributed by atoms with Crippen molar-refractivity contribution in [3.8, 4) is 11.4 Å². The molecule has 23 heavy (non-hydrogen) atoms. The second-order valence-corrected chi connectivity index (χ2v) is 6.26. The van der Waals surface area contributed by atoms with Crippen LogP contribution in [0.2, 0.25) is 5.02 Å². The van der Waals surface area contributed by atoms with Gasteiger partial charge in [-0.1, -0.05) is 35.0 Å². The standard InChI is InChI=1S/C18H16ClN3O/c1-12-10-14-4-2-3-5-16(14)22(12)11-17-20-18(21-23-17)13-6-8-15(19)9-7-13/h2-9,12H,10-11H2,1H3/t12-/m1/s1. The third-order valence-corrected chi connectivity index (χ3v) is 4.48. The fraction of sp³-hybridized carbons (Fsp3) is 0.222. The highest BCUT2D eigenvalue weighted by Gasteiger charge is 2.27. The summed E-state index contributed by atoms with van der Waals surface area (Å²) in [4.78, 5) is 6.83. The summed E-state index contributed by atoms with van der Waals surface area (Å²) in [7, 11) is 0. The highest BCUT2D eigenvalue weighted by atomic mass is 35.5. The molecule has 0 unspecified atom stereocenters. The van der Waals surface area contributed by atoms with Crippen molar-refractivity contribution in [3.05, 3.63) is 65.0 Å². The zero-order valence-electron chi connectivity index (χ0n) is 12.7. The number of anilines is 1. The van der Waals surface area contributed by atoms with Crippen LogP contribution < -0.4 is 4.90 Å². The number of hydrogen-bond acceptors (Lipinski definition) is 4. The molecule has 0 radical (unpaired) electrons. The summed E-state index contributed by atoms with van der Waals surface area (Å²) in [6, 6.07) is 16.3. The van der Waals surface area contributed by atoms with Gasteiger partial charge in [0.25, 0.3) is 0 Å². The summed E-state index contributed by atoms with van der Waals surface area (Å²) in [5.74, 6) is 1.22. The molecule has 3 aromatic rings. The van der Waals surface area contributed by atoms with Crippen LogP contribution in [0, 0.1) is 0 Å². The third-order valence-electron chi connectivity index (χ3n) is 4.22. The molecule has 2 aromatic carbocycles. The predicted molar refractivity (Wildman–Crippen MR) is 90.5 cm³/mol. The fourth-order valence-electron chi connectivity index (χ4n) is 3.05. The summed E-state index contributed by atoms with van der Waals surface area (Å²) >= 11 is 5.91. The molecule has 0 spiro atoms. The molecule has 2 heterocycles. The van der Waals surface area contributed by atoms with Crippen LogP contribution in [0.4, 0.5) is 5.69 Å². The maximum Gasteiger partial charge on any atom is 0.246 e. The molecule has 0 saturated carbocycles. The first kappa shape index (κ1) is 14.3. The number of nitrogens with zero attached hydrogens (tertiary/aromatic N) is 3. The molecule has 1 atom stereocenters. The van der Waals surface area contributed by atoms with Gasteiger partial charge in [-0.15, -0.1) is 0 Å². The summed E-state index contributed by atoms with van der Waals surface area (Å²) in [6.45, 7) is 2.84. The number of aromatic nitrogens is 2. The maximum absolute atomic E-state index is 5.91. The van der Waals surface area contributed by atoms with Gasteiger partial charge >= 0.3 is 0 Å².